The highest BCUT2D eigenvalue weighted by Gasteiger charge is 2.13. The molecule has 0 atom stereocenters. The lowest BCUT2D eigenvalue weighted by Gasteiger charge is -2.27. The minimum absolute atomic E-state index is 0.269. The monoisotopic (exact) mass is 259 g/mol. The molecule has 1 aromatic carbocycles. The van der Waals surface area contributed by atoms with Crippen LogP contribution in [0.25, 0.3) is 11.4 Å². The topological polar surface area (TPSA) is 53.9 Å². The Bertz CT molecular complexity index is 551. The average molecular weight is 259 g/mol. The first kappa shape index (κ1) is 12.0. The zero-order chi connectivity index (χ0) is 13.1. The van der Waals surface area contributed by atoms with Crippen LogP contribution in [0.2, 0.25) is 0 Å². The number of halogens is 1. The van der Waals surface area contributed by atoms with Crippen LogP contribution in [0.15, 0.2) is 30.5 Å². The van der Waals surface area contributed by atoms with Crippen LogP contribution >= 0.6 is 0 Å². The maximum atomic E-state index is 12.9. The van der Waals surface area contributed by atoms with Crippen LogP contribution in [0.4, 0.5) is 10.2 Å². The molecule has 1 saturated heterocycles. The lowest BCUT2D eigenvalue weighted by atomic mass is 10.2. The molecule has 1 aromatic heterocycles. The van der Waals surface area contributed by atoms with Crippen LogP contribution in [0.1, 0.15) is 0 Å². The Hall–Kier alpha value is -2.08. The molecule has 0 amide bonds. The number of benzene rings is 1. The Morgan fingerprint density at radius 3 is 2.58 bits per heavy atom. The summed E-state index contributed by atoms with van der Waals surface area (Å²) in [4.78, 5) is 6.66. The van der Waals surface area contributed by atoms with Crippen molar-refractivity contribution in [2.75, 3.05) is 31.1 Å². The third kappa shape index (κ3) is 2.68. The summed E-state index contributed by atoms with van der Waals surface area (Å²) in [5.41, 5.74) is 0.769. The first-order valence-corrected chi connectivity index (χ1v) is 6.24. The zero-order valence-electron chi connectivity index (χ0n) is 10.4. The van der Waals surface area contributed by atoms with E-state index in [1.54, 1.807) is 18.3 Å². The minimum Gasteiger partial charge on any atom is -0.353 e. The smallest absolute Gasteiger partial charge is 0.183 e. The summed E-state index contributed by atoms with van der Waals surface area (Å²) in [6, 6.07) is 6.12. The van der Waals surface area contributed by atoms with E-state index in [4.69, 9.17) is 0 Å². The van der Waals surface area contributed by atoms with E-state index in [0.717, 1.165) is 37.6 Å². The molecule has 0 bridgehead atoms. The number of rotatable bonds is 2. The molecule has 98 valence electrons. The molecule has 0 unspecified atom stereocenters. The Kier molecular flexibility index (Phi) is 3.33. The van der Waals surface area contributed by atoms with Gasteiger partial charge in [-0.15, -0.1) is 5.10 Å². The van der Waals surface area contributed by atoms with Gasteiger partial charge in [0, 0.05) is 31.7 Å². The summed E-state index contributed by atoms with van der Waals surface area (Å²) in [6.45, 7) is 3.69. The van der Waals surface area contributed by atoms with Crippen molar-refractivity contribution in [2.45, 2.75) is 0 Å². The number of nitrogens with zero attached hydrogens (tertiary/aromatic N) is 4. The molecule has 5 nitrogen and oxygen atoms in total. The van der Waals surface area contributed by atoms with Crippen molar-refractivity contribution in [3.05, 3.63) is 36.3 Å². The summed E-state index contributed by atoms with van der Waals surface area (Å²) in [5.74, 6) is 1.07. The molecule has 1 N–H and O–H groups in total. The van der Waals surface area contributed by atoms with Gasteiger partial charge >= 0.3 is 0 Å². The fraction of sp³-hybridized carbons (Fsp3) is 0.308. The van der Waals surface area contributed by atoms with Gasteiger partial charge in [-0.1, -0.05) is 0 Å². The highest BCUT2D eigenvalue weighted by Crippen LogP contribution is 2.17. The second-order valence-electron chi connectivity index (χ2n) is 4.38. The fourth-order valence-corrected chi connectivity index (χ4v) is 2.06. The molecule has 1 aliphatic heterocycles. The van der Waals surface area contributed by atoms with E-state index in [1.807, 2.05) is 0 Å². The van der Waals surface area contributed by atoms with Gasteiger partial charge in [-0.2, -0.15) is 5.10 Å². The van der Waals surface area contributed by atoms with Gasteiger partial charge in [-0.3, -0.25) is 0 Å². The molecule has 0 saturated carbocycles. The third-order valence-electron chi connectivity index (χ3n) is 3.09. The van der Waals surface area contributed by atoms with Crippen LogP contribution in [0.5, 0.6) is 0 Å². The standard InChI is InChI=1S/C13H14FN5/c14-11-3-1-10(2-4-11)13-17-12(9-16-18-13)19-7-5-15-6-8-19/h1-4,9,15H,5-8H2. The predicted molar refractivity (Wildman–Crippen MR) is 70.3 cm³/mol. The SMILES string of the molecule is Fc1ccc(-c2nncc(N3CCNCC3)n2)cc1. The van der Waals surface area contributed by atoms with Crippen LogP contribution in [-0.4, -0.2) is 41.4 Å². The van der Waals surface area contributed by atoms with Crippen LogP contribution in [0.3, 0.4) is 0 Å². The molecule has 19 heavy (non-hydrogen) atoms. The van der Waals surface area contributed by atoms with Gasteiger partial charge in [0.15, 0.2) is 11.6 Å². The van der Waals surface area contributed by atoms with Crippen molar-refractivity contribution in [1.82, 2.24) is 20.5 Å². The van der Waals surface area contributed by atoms with Gasteiger partial charge in [0.1, 0.15) is 5.82 Å². The molecule has 2 aromatic rings. The average Bonchev–Trinajstić information content (AvgIpc) is 2.49. The molecule has 1 aliphatic rings. The summed E-state index contributed by atoms with van der Waals surface area (Å²) < 4.78 is 12.9. The van der Waals surface area contributed by atoms with E-state index >= 15 is 0 Å². The summed E-state index contributed by atoms with van der Waals surface area (Å²) in [6.07, 6.45) is 1.67. The maximum Gasteiger partial charge on any atom is 0.183 e. The van der Waals surface area contributed by atoms with Crippen molar-refractivity contribution in [1.29, 1.82) is 0 Å². The molecular formula is C13H14FN5. The number of aromatic nitrogens is 3. The molecule has 3 rings (SSSR count). The van der Waals surface area contributed by atoms with E-state index in [9.17, 15) is 4.39 Å². The molecule has 1 fully saturated rings. The Balaban J connectivity index is 1.88. The lowest BCUT2D eigenvalue weighted by molar-refractivity contribution is 0.583. The Morgan fingerprint density at radius 2 is 1.84 bits per heavy atom. The lowest BCUT2D eigenvalue weighted by Crippen LogP contribution is -2.44. The summed E-state index contributed by atoms with van der Waals surface area (Å²) >= 11 is 0. The second-order valence-corrected chi connectivity index (χ2v) is 4.38. The first-order valence-electron chi connectivity index (χ1n) is 6.24. The summed E-state index contributed by atoms with van der Waals surface area (Å²) in [7, 11) is 0. The molecule has 0 aliphatic carbocycles. The second kappa shape index (κ2) is 5.27. The number of hydrogen-bond donors (Lipinski definition) is 1. The van der Waals surface area contributed by atoms with Gasteiger partial charge < -0.3 is 10.2 Å². The van der Waals surface area contributed by atoms with E-state index in [1.165, 1.54) is 12.1 Å². The van der Waals surface area contributed by atoms with Crippen molar-refractivity contribution >= 4 is 5.82 Å². The normalized spacial score (nSPS) is 15.5. The largest absolute Gasteiger partial charge is 0.353 e. The summed E-state index contributed by atoms with van der Waals surface area (Å²) in [5, 5.41) is 11.3. The van der Waals surface area contributed by atoms with Crippen molar-refractivity contribution in [3.8, 4) is 11.4 Å². The molecule has 6 heteroatoms. The zero-order valence-corrected chi connectivity index (χ0v) is 10.4. The highest BCUT2D eigenvalue weighted by molar-refractivity contribution is 5.56. The van der Waals surface area contributed by atoms with Gasteiger partial charge in [0.05, 0.1) is 6.20 Å². The number of anilines is 1. The molecular weight excluding hydrogens is 245 g/mol. The van der Waals surface area contributed by atoms with Gasteiger partial charge in [-0.05, 0) is 24.3 Å². The third-order valence-corrected chi connectivity index (χ3v) is 3.09. The van der Waals surface area contributed by atoms with Crippen LogP contribution < -0.4 is 10.2 Å². The number of nitrogens with one attached hydrogen (secondary N) is 1. The van der Waals surface area contributed by atoms with Crippen molar-refractivity contribution in [3.63, 3.8) is 0 Å². The van der Waals surface area contributed by atoms with Gasteiger partial charge in [0.2, 0.25) is 0 Å². The number of piperazine rings is 1. The fourth-order valence-electron chi connectivity index (χ4n) is 2.06. The van der Waals surface area contributed by atoms with Gasteiger partial charge in [0.25, 0.3) is 0 Å². The van der Waals surface area contributed by atoms with E-state index in [-0.39, 0.29) is 5.82 Å². The van der Waals surface area contributed by atoms with E-state index < -0.39 is 0 Å². The van der Waals surface area contributed by atoms with Crippen LogP contribution in [0, 0.1) is 5.82 Å². The van der Waals surface area contributed by atoms with E-state index in [0.29, 0.717) is 5.82 Å². The van der Waals surface area contributed by atoms with E-state index in [2.05, 4.69) is 25.4 Å². The van der Waals surface area contributed by atoms with Crippen molar-refractivity contribution in [2.24, 2.45) is 0 Å². The van der Waals surface area contributed by atoms with Gasteiger partial charge in [-0.25, -0.2) is 9.37 Å². The molecule has 2 heterocycles. The number of hydrogen-bond acceptors (Lipinski definition) is 5. The van der Waals surface area contributed by atoms with Crippen LogP contribution in [-0.2, 0) is 0 Å². The maximum absolute atomic E-state index is 12.9. The first-order chi connectivity index (χ1) is 9.33. The minimum atomic E-state index is -0.269. The molecule has 0 radical (unpaired) electrons. The molecule has 0 spiro atoms. The predicted octanol–water partition coefficient (Wildman–Crippen LogP) is 1.09. The Labute approximate surface area is 110 Å². The highest BCUT2D eigenvalue weighted by atomic mass is 19.1. The van der Waals surface area contributed by atoms with Crippen molar-refractivity contribution < 1.29 is 4.39 Å². The quantitative estimate of drug-likeness (QED) is 0.875. The Morgan fingerprint density at radius 1 is 1.11 bits per heavy atom.